The van der Waals surface area contributed by atoms with Crippen molar-refractivity contribution in [1.29, 1.82) is 0 Å². The summed E-state index contributed by atoms with van der Waals surface area (Å²) in [6.45, 7) is 7.53. The average Bonchev–Trinajstić information content (AvgIpc) is 2.39. The summed E-state index contributed by atoms with van der Waals surface area (Å²) in [4.78, 5) is 11.7. The molecule has 0 aliphatic carbocycles. The molecular weight excluding hydrogens is 234 g/mol. The van der Waals surface area contributed by atoms with Crippen LogP contribution in [0.25, 0.3) is 0 Å². The largest absolute Gasteiger partial charge is 0.323 e. The minimum absolute atomic E-state index is 0.127. The Kier molecular flexibility index (Phi) is 6.10. The third kappa shape index (κ3) is 6.22. The van der Waals surface area contributed by atoms with Gasteiger partial charge in [0.25, 0.3) is 0 Å². The highest BCUT2D eigenvalue weighted by Crippen LogP contribution is 2.06. The van der Waals surface area contributed by atoms with E-state index in [4.69, 9.17) is 0 Å². The van der Waals surface area contributed by atoms with Crippen molar-refractivity contribution in [2.45, 2.75) is 13.8 Å². The first kappa shape index (κ1) is 14.7. The highest BCUT2D eigenvalue weighted by Gasteiger charge is 1.97. The van der Waals surface area contributed by atoms with Crippen LogP contribution in [0.2, 0.25) is 0 Å². The molecule has 0 saturated carbocycles. The summed E-state index contributed by atoms with van der Waals surface area (Å²) < 4.78 is 0. The Morgan fingerprint density at radius 3 is 2.47 bits per heavy atom. The summed E-state index contributed by atoms with van der Waals surface area (Å²) in [6, 6.07) is 9.39. The monoisotopic (exact) mass is 253 g/mol. The summed E-state index contributed by atoms with van der Waals surface area (Å²) in [5.74, 6) is -0.127. The highest BCUT2D eigenvalue weighted by atomic mass is 16.1. The number of rotatable bonds is 5. The van der Waals surface area contributed by atoms with Gasteiger partial charge in [-0.25, -0.2) is 0 Å². The van der Waals surface area contributed by atoms with E-state index in [1.54, 1.807) is 12.2 Å². The van der Waals surface area contributed by atoms with Gasteiger partial charge in [-0.15, -0.1) is 0 Å². The number of hydrogen-bond acceptors (Lipinski definition) is 1. The van der Waals surface area contributed by atoms with E-state index in [1.165, 1.54) is 0 Å². The zero-order valence-electron chi connectivity index (χ0n) is 11.4. The van der Waals surface area contributed by atoms with E-state index in [0.717, 1.165) is 16.8 Å². The molecule has 0 radical (unpaired) electrons. The van der Waals surface area contributed by atoms with E-state index in [0.29, 0.717) is 0 Å². The normalized spacial score (nSPS) is 12.5. The summed E-state index contributed by atoms with van der Waals surface area (Å²) in [5, 5.41) is 2.80. The van der Waals surface area contributed by atoms with Crippen molar-refractivity contribution in [2.75, 3.05) is 5.32 Å². The number of benzene rings is 1. The fraction of sp³-hybridized carbons (Fsp3) is 0.118. The van der Waals surface area contributed by atoms with Gasteiger partial charge >= 0.3 is 0 Å². The molecule has 1 amide bonds. The van der Waals surface area contributed by atoms with E-state index >= 15 is 0 Å². The SMILES string of the molecule is C=CC(C)=CC=CC(C)=CC(=O)Nc1ccccc1. The van der Waals surface area contributed by atoms with Crippen LogP contribution in [0.15, 0.2) is 78.4 Å². The fourth-order valence-electron chi connectivity index (χ4n) is 1.37. The molecule has 0 atom stereocenters. The minimum Gasteiger partial charge on any atom is -0.323 e. The molecule has 2 nitrogen and oxygen atoms in total. The summed E-state index contributed by atoms with van der Waals surface area (Å²) in [5.41, 5.74) is 2.77. The van der Waals surface area contributed by atoms with Crippen LogP contribution in [0.1, 0.15) is 13.8 Å². The van der Waals surface area contributed by atoms with Crippen LogP contribution < -0.4 is 5.32 Å². The number of para-hydroxylation sites is 1. The third-order valence-corrected chi connectivity index (χ3v) is 2.44. The molecule has 0 bridgehead atoms. The fourth-order valence-corrected chi connectivity index (χ4v) is 1.37. The molecule has 0 spiro atoms. The molecule has 1 aromatic carbocycles. The standard InChI is InChI=1S/C17H19NO/c1-4-14(2)9-8-10-15(3)13-17(19)18-16-11-6-5-7-12-16/h4-13H,1H2,2-3H3,(H,18,19). The summed E-state index contributed by atoms with van der Waals surface area (Å²) >= 11 is 0. The second-order valence-electron chi connectivity index (χ2n) is 4.22. The van der Waals surface area contributed by atoms with Crippen LogP contribution >= 0.6 is 0 Å². The van der Waals surface area contributed by atoms with Gasteiger partial charge < -0.3 is 5.32 Å². The van der Waals surface area contributed by atoms with Gasteiger partial charge in [0.05, 0.1) is 0 Å². The summed E-state index contributed by atoms with van der Waals surface area (Å²) in [7, 11) is 0. The van der Waals surface area contributed by atoms with Crippen LogP contribution in [0.5, 0.6) is 0 Å². The number of carbonyl (C=O) groups is 1. The van der Waals surface area contributed by atoms with Crippen molar-refractivity contribution >= 4 is 11.6 Å². The molecule has 1 aromatic rings. The lowest BCUT2D eigenvalue weighted by atomic mass is 10.2. The van der Waals surface area contributed by atoms with E-state index in [1.807, 2.05) is 62.4 Å². The zero-order chi connectivity index (χ0) is 14.1. The Balaban J connectivity index is 2.59. The lowest BCUT2D eigenvalue weighted by Gasteiger charge is -2.01. The second-order valence-corrected chi connectivity index (χ2v) is 4.22. The van der Waals surface area contributed by atoms with E-state index in [2.05, 4.69) is 11.9 Å². The molecule has 0 aliphatic heterocycles. The zero-order valence-corrected chi connectivity index (χ0v) is 11.4. The lowest BCUT2D eigenvalue weighted by Crippen LogP contribution is -2.08. The molecule has 0 fully saturated rings. The quantitative estimate of drug-likeness (QED) is 0.616. The number of hydrogen-bond donors (Lipinski definition) is 1. The molecule has 1 N–H and O–H groups in total. The predicted octanol–water partition coefficient (Wildman–Crippen LogP) is 4.26. The number of carbonyl (C=O) groups excluding carboxylic acids is 1. The van der Waals surface area contributed by atoms with Gasteiger partial charge in [0.1, 0.15) is 0 Å². The minimum atomic E-state index is -0.127. The lowest BCUT2D eigenvalue weighted by molar-refractivity contribution is -0.111. The predicted molar refractivity (Wildman–Crippen MR) is 81.9 cm³/mol. The Morgan fingerprint density at radius 2 is 1.84 bits per heavy atom. The maximum absolute atomic E-state index is 11.7. The van der Waals surface area contributed by atoms with Crippen LogP contribution in [0.4, 0.5) is 5.69 Å². The molecule has 0 saturated heterocycles. The van der Waals surface area contributed by atoms with Crippen LogP contribution in [-0.2, 0) is 4.79 Å². The first-order chi connectivity index (χ1) is 9.11. The smallest absolute Gasteiger partial charge is 0.248 e. The third-order valence-electron chi connectivity index (χ3n) is 2.44. The highest BCUT2D eigenvalue weighted by molar-refractivity contribution is 5.99. The van der Waals surface area contributed by atoms with Crippen molar-refractivity contribution in [3.05, 3.63) is 78.4 Å². The van der Waals surface area contributed by atoms with Crippen molar-refractivity contribution < 1.29 is 4.79 Å². The molecule has 1 rings (SSSR count). The van der Waals surface area contributed by atoms with E-state index in [9.17, 15) is 4.79 Å². The van der Waals surface area contributed by atoms with Gasteiger partial charge in [-0.05, 0) is 31.6 Å². The van der Waals surface area contributed by atoms with Crippen molar-refractivity contribution in [1.82, 2.24) is 0 Å². The first-order valence-electron chi connectivity index (χ1n) is 6.13. The van der Waals surface area contributed by atoms with Gasteiger partial charge in [-0.3, -0.25) is 4.79 Å². The molecule has 98 valence electrons. The van der Waals surface area contributed by atoms with E-state index < -0.39 is 0 Å². The molecule has 0 aromatic heterocycles. The average molecular weight is 253 g/mol. The van der Waals surface area contributed by atoms with Gasteiger partial charge in [0, 0.05) is 11.8 Å². The Labute approximate surface area is 114 Å². The van der Waals surface area contributed by atoms with Crippen LogP contribution in [0, 0.1) is 0 Å². The van der Waals surface area contributed by atoms with Crippen LogP contribution in [0.3, 0.4) is 0 Å². The number of anilines is 1. The van der Waals surface area contributed by atoms with Crippen molar-refractivity contribution in [2.24, 2.45) is 0 Å². The van der Waals surface area contributed by atoms with Crippen LogP contribution in [-0.4, -0.2) is 5.91 Å². The molecule has 0 heterocycles. The maximum atomic E-state index is 11.7. The molecule has 0 aliphatic rings. The maximum Gasteiger partial charge on any atom is 0.248 e. The molecule has 19 heavy (non-hydrogen) atoms. The second kappa shape index (κ2) is 7.88. The Bertz CT molecular complexity index is 521. The van der Waals surface area contributed by atoms with Crippen molar-refractivity contribution in [3.63, 3.8) is 0 Å². The number of allylic oxidation sites excluding steroid dienone is 6. The topological polar surface area (TPSA) is 29.1 Å². The van der Waals surface area contributed by atoms with Gasteiger partial charge in [0.2, 0.25) is 5.91 Å². The number of nitrogens with one attached hydrogen (secondary N) is 1. The first-order valence-corrected chi connectivity index (χ1v) is 6.13. The summed E-state index contributed by atoms with van der Waals surface area (Å²) in [6.07, 6.45) is 9.09. The van der Waals surface area contributed by atoms with Gasteiger partial charge in [0.15, 0.2) is 0 Å². The van der Waals surface area contributed by atoms with Gasteiger partial charge in [-0.2, -0.15) is 0 Å². The molecule has 2 heteroatoms. The van der Waals surface area contributed by atoms with E-state index in [-0.39, 0.29) is 5.91 Å². The Morgan fingerprint density at radius 1 is 1.16 bits per heavy atom. The van der Waals surface area contributed by atoms with Gasteiger partial charge in [-0.1, -0.05) is 54.7 Å². The van der Waals surface area contributed by atoms with Crippen molar-refractivity contribution in [3.8, 4) is 0 Å². The number of amides is 1. The molecular formula is C17H19NO. The molecule has 0 unspecified atom stereocenters. The Hall–Kier alpha value is -2.35.